The van der Waals surface area contributed by atoms with Crippen molar-refractivity contribution in [1.82, 2.24) is 4.90 Å². The van der Waals surface area contributed by atoms with Crippen LogP contribution in [0.15, 0.2) is 0 Å². The van der Waals surface area contributed by atoms with Crippen molar-refractivity contribution in [2.24, 2.45) is 5.41 Å². The van der Waals surface area contributed by atoms with Crippen LogP contribution in [0.5, 0.6) is 0 Å². The maximum absolute atomic E-state index is 12.9. The summed E-state index contributed by atoms with van der Waals surface area (Å²) in [5.41, 5.74) is -0.774. The zero-order chi connectivity index (χ0) is 9.64. The van der Waals surface area contributed by atoms with Gasteiger partial charge in [0.2, 0.25) is 5.91 Å². The van der Waals surface area contributed by atoms with E-state index >= 15 is 0 Å². The maximum atomic E-state index is 12.9. The van der Waals surface area contributed by atoms with Crippen LogP contribution in [0.4, 0.5) is 4.39 Å². The first-order valence-electron chi connectivity index (χ1n) is 4.65. The molecule has 2 aliphatic rings. The summed E-state index contributed by atoms with van der Waals surface area (Å²) in [4.78, 5) is 13.2. The average molecular weight is 187 g/mol. The average Bonchev–Trinajstić information content (AvgIpc) is 2.51. The highest BCUT2D eigenvalue weighted by Crippen LogP contribution is 2.49. The lowest BCUT2D eigenvalue weighted by Gasteiger charge is -2.19. The highest BCUT2D eigenvalue weighted by molar-refractivity contribution is 5.86. The molecule has 0 aromatic rings. The van der Waals surface area contributed by atoms with Gasteiger partial charge in [-0.05, 0) is 19.8 Å². The molecule has 1 heterocycles. The summed E-state index contributed by atoms with van der Waals surface area (Å²) in [6, 6.07) is 0. The van der Waals surface area contributed by atoms with E-state index in [0.717, 1.165) is 0 Å². The number of rotatable bonds is 1. The number of hydrogen-bond acceptors (Lipinski definition) is 2. The molecule has 3 unspecified atom stereocenters. The van der Waals surface area contributed by atoms with Crippen molar-refractivity contribution in [3.8, 4) is 0 Å². The molecule has 2 rings (SSSR count). The minimum Gasteiger partial charge on any atom is -0.391 e. The van der Waals surface area contributed by atoms with Crippen LogP contribution in [0.3, 0.4) is 0 Å². The molecule has 1 saturated heterocycles. The Morgan fingerprint density at radius 3 is 2.69 bits per heavy atom. The van der Waals surface area contributed by atoms with Gasteiger partial charge in [-0.3, -0.25) is 4.79 Å². The second-order valence-electron chi connectivity index (χ2n) is 4.28. The molecule has 3 nitrogen and oxygen atoms in total. The van der Waals surface area contributed by atoms with Gasteiger partial charge in [0.15, 0.2) is 0 Å². The SMILES string of the molecule is CC1(C(=O)N2CCC(O)C2)CC1F. The molecule has 74 valence electrons. The molecule has 0 spiro atoms. The number of aliphatic hydroxyl groups is 1. The molecule has 1 aliphatic heterocycles. The first kappa shape index (κ1) is 8.94. The van der Waals surface area contributed by atoms with Crippen molar-refractivity contribution >= 4 is 5.91 Å². The summed E-state index contributed by atoms with van der Waals surface area (Å²) < 4.78 is 12.9. The molecular weight excluding hydrogens is 173 g/mol. The molecule has 2 fully saturated rings. The van der Waals surface area contributed by atoms with Crippen LogP contribution in [0, 0.1) is 5.41 Å². The topological polar surface area (TPSA) is 40.5 Å². The number of aliphatic hydroxyl groups excluding tert-OH is 1. The molecular formula is C9H14FNO2. The first-order valence-corrected chi connectivity index (χ1v) is 4.65. The lowest BCUT2D eigenvalue weighted by molar-refractivity contribution is -0.136. The van der Waals surface area contributed by atoms with Gasteiger partial charge in [-0.15, -0.1) is 0 Å². The normalized spacial score (nSPS) is 43.8. The van der Waals surface area contributed by atoms with E-state index in [2.05, 4.69) is 0 Å². The number of carbonyl (C=O) groups excluding carboxylic acids is 1. The molecule has 3 atom stereocenters. The second kappa shape index (κ2) is 2.67. The number of alkyl halides is 1. The van der Waals surface area contributed by atoms with Gasteiger partial charge in [0.1, 0.15) is 6.17 Å². The molecule has 0 aromatic carbocycles. The van der Waals surface area contributed by atoms with Crippen molar-refractivity contribution in [2.45, 2.75) is 32.0 Å². The van der Waals surface area contributed by atoms with Gasteiger partial charge in [-0.1, -0.05) is 0 Å². The van der Waals surface area contributed by atoms with E-state index in [1.165, 1.54) is 0 Å². The van der Waals surface area contributed by atoms with Gasteiger partial charge in [0.05, 0.1) is 11.5 Å². The lowest BCUT2D eigenvalue weighted by atomic mass is 10.1. The Morgan fingerprint density at radius 1 is 1.69 bits per heavy atom. The number of hydrogen-bond donors (Lipinski definition) is 1. The van der Waals surface area contributed by atoms with E-state index in [1.54, 1.807) is 11.8 Å². The zero-order valence-corrected chi connectivity index (χ0v) is 7.66. The Kier molecular flexibility index (Phi) is 1.84. The molecule has 13 heavy (non-hydrogen) atoms. The minimum absolute atomic E-state index is 0.128. The summed E-state index contributed by atoms with van der Waals surface area (Å²) >= 11 is 0. The summed E-state index contributed by atoms with van der Waals surface area (Å²) in [6.07, 6.45) is -0.417. The summed E-state index contributed by atoms with van der Waals surface area (Å²) in [6.45, 7) is 2.61. The van der Waals surface area contributed by atoms with Crippen LogP contribution < -0.4 is 0 Å². The Hall–Kier alpha value is -0.640. The van der Waals surface area contributed by atoms with Gasteiger partial charge in [0.25, 0.3) is 0 Å². The van der Waals surface area contributed by atoms with Crippen LogP contribution in [-0.2, 0) is 4.79 Å². The molecule has 4 heteroatoms. The van der Waals surface area contributed by atoms with Gasteiger partial charge in [-0.2, -0.15) is 0 Å². The molecule has 0 bridgehead atoms. The number of likely N-dealkylation sites (tertiary alicyclic amines) is 1. The van der Waals surface area contributed by atoms with Crippen molar-refractivity contribution in [1.29, 1.82) is 0 Å². The fourth-order valence-corrected chi connectivity index (χ4v) is 1.82. The zero-order valence-electron chi connectivity index (χ0n) is 7.66. The van der Waals surface area contributed by atoms with Crippen molar-refractivity contribution in [3.63, 3.8) is 0 Å². The van der Waals surface area contributed by atoms with Gasteiger partial charge < -0.3 is 10.0 Å². The Labute approximate surface area is 76.5 Å². The van der Waals surface area contributed by atoms with E-state index in [1.807, 2.05) is 0 Å². The second-order valence-corrected chi connectivity index (χ2v) is 4.28. The van der Waals surface area contributed by atoms with Gasteiger partial charge in [-0.25, -0.2) is 4.39 Å². The molecule has 1 aliphatic carbocycles. The Morgan fingerprint density at radius 2 is 2.31 bits per heavy atom. The third-order valence-electron chi connectivity index (χ3n) is 3.07. The van der Waals surface area contributed by atoms with Crippen molar-refractivity contribution in [2.75, 3.05) is 13.1 Å². The van der Waals surface area contributed by atoms with Crippen LogP contribution >= 0.6 is 0 Å². The smallest absolute Gasteiger partial charge is 0.231 e. The molecule has 0 aromatic heterocycles. The van der Waals surface area contributed by atoms with Crippen LogP contribution in [0.1, 0.15) is 19.8 Å². The van der Waals surface area contributed by atoms with Gasteiger partial charge >= 0.3 is 0 Å². The number of carbonyl (C=O) groups is 1. The van der Waals surface area contributed by atoms with Crippen LogP contribution in [0.25, 0.3) is 0 Å². The fraction of sp³-hybridized carbons (Fsp3) is 0.889. The van der Waals surface area contributed by atoms with E-state index < -0.39 is 17.7 Å². The van der Waals surface area contributed by atoms with E-state index in [-0.39, 0.29) is 5.91 Å². The standard InChI is InChI=1S/C9H14FNO2/c1-9(4-7(9)10)8(13)11-3-2-6(12)5-11/h6-7,12H,2-5H2,1H3. The highest BCUT2D eigenvalue weighted by Gasteiger charge is 2.58. The third kappa shape index (κ3) is 1.33. The number of amides is 1. The van der Waals surface area contributed by atoms with Crippen molar-refractivity contribution < 1.29 is 14.3 Å². The Balaban J connectivity index is 1.99. The number of halogens is 1. The maximum Gasteiger partial charge on any atom is 0.231 e. The quantitative estimate of drug-likeness (QED) is 0.642. The van der Waals surface area contributed by atoms with E-state index in [4.69, 9.17) is 0 Å². The van der Waals surface area contributed by atoms with E-state index in [0.29, 0.717) is 25.9 Å². The number of nitrogens with zero attached hydrogens (tertiary/aromatic N) is 1. The minimum atomic E-state index is -0.974. The summed E-state index contributed by atoms with van der Waals surface area (Å²) in [5.74, 6) is -0.128. The van der Waals surface area contributed by atoms with E-state index in [9.17, 15) is 14.3 Å². The lowest BCUT2D eigenvalue weighted by Crippen LogP contribution is -2.36. The predicted octanol–water partition coefficient (Wildman–Crippen LogP) is 0.328. The molecule has 1 N–H and O–H groups in total. The largest absolute Gasteiger partial charge is 0.391 e. The molecule has 0 radical (unpaired) electrons. The van der Waals surface area contributed by atoms with Crippen LogP contribution in [-0.4, -0.2) is 41.3 Å². The fourth-order valence-electron chi connectivity index (χ4n) is 1.82. The summed E-state index contributed by atoms with van der Waals surface area (Å²) in [5, 5.41) is 9.21. The molecule has 1 amide bonds. The van der Waals surface area contributed by atoms with Crippen molar-refractivity contribution in [3.05, 3.63) is 0 Å². The monoisotopic (exact) mass is 187 g/mol. The number of β-amino-alcohol motifs (C(OH)–C–C–N with tert-alkyl or cyclic N) is 1. The predicted molar refractivity (Wildman–Crippen MR) is 44.8 cm³/mol. The summed E-state index contributed by atoms with van der Waals surface area (Å²) in [7, 11) is 0. The molecule has 1 saturated carbocycles. The third-order valence-corrected chi connectivity index (χ3v) is 3.07. The van der Waals surface area contributed by atoms with Crippen LogP contribution in [0.2, 0.25) is 0 Å². The Bertz CT molecular complexity index is 246. The van der Waals surface area contributed by atoms with Gasteiger partial charge in [0, 0.05) is 13.1 Å². The first-order chi connectivity index (χ1) is 6.04. The highest BCUT2D eigenvalue weighted by atomic mass is 19.1.